The molecule has 0 aliphatic heterocycles. The maximum atomic E-state index is 14.1. The van der Waals surface area contributed by atoms with Gasteiger partial charge in [0.05, 0.1) is 0 Å². The smallest absolute Gasteiger partial charge is 0.403 e. The van der Waals surface area contributed by atoms with Gasteiger partial charge in [-0.25, -0.2) is 17.8 Å². The van der Waals surface area contributed by atoms with Gasteiger partial charge in [0.2, 0.25) is 15.0 Å². The van der Waals surface area contributed by atoms with Gasteiger partial charge >= 0.3 is 6.36 Å². The second-order valence-electron chi connectivity index (χ2n) is 6.92. The van der Waals surface area contributed by atoms with Crippen LogP contribution in [0.2, 0.25) is 0 Å². The minimum Gasteiger partial charge on any atom is -0.403 e. The van der Waals surface area contributed by atoms with Gasteiger partial charge < -0.3 is 4.74 Å². The Balaban J connectivity index is 2.35. The first kappa shape index (κ1) is 23.5. The number of rotatable bonds is 7. The number of aromatic nitrogens is 2. The molecule has 12 heteroatoms. The number of halogens is 4. The molecule has 0 spiro atoms. The van der Waals surface area contributed by atoms with E-state index in [2.05, 4.69) is 9.72 Å². The lowest BCUT2D eigenvalue weighted by Crippen LogP contribution is -2.21. The minimum absolute atomic E-state index is 0.235. The molecule has 1 N–H and O–H groups in total. The predicted molar refractivity (Wildman–Crippen MR) is 97.6 cm³/mol. The van der Waals surface area contributed by atoms with E-state index < -0.39 is 50.2 Å². The van der Waals surface area contributed by atoms with Crippen molar-refractivity contribution in [3.05, 3.63) is 51.7 Å². The van der Waals surface area contributed by atoms with Crippen LogP contribution in [0.15, 0.2) is 34.2 Å². The van der Waals surface area contributed by atoms with Crippen LogP contribution in [-0.2, 0) is 9.84 Å². The average Bonchev–Trinajstić information content (AvgIpc) is 2.58. The Kier molecular flexibility index (Phi) is 6.70. The third-order valence-corrected chi connectivity index (χ3v) is 5.07. The lowest BCUT2D eigenvalue weighted by molar-refractivity contribution is -0.275. The highest BCUT2D eigenvalue weighted by molar-refractivity contribution is 7.90. The molecule has 1 atom stereocenters. The standard InChI is InChI=1S/C18H18F4N2O5S/c1-9(2)11(10-4-5-15(12(19)6-10)29-18(20,21)22)7-14(25)13-8-16(26)24-17(23-13)30(3,27)28/h4-6,8-9,11H,7H2,1-3H3,(H,23,24,26)/t11-/m1/s1. The van der Waals surface area contributed by atoms with Crippen LogP contribution < -0.4 is 10.3 Å². The Bertz CT molecular complexity index is 1110. The van der Waals surface area contributed by atoms with Crippen LogP contribution in [-0.4, -0.2) is 36.8 Å². The SMILES string of the molecule is CC(C)[C@@H](CC(=O)c1cc(=O)[nH]c(S(C)(=O)=O)n1)c1ccc(OC(F)(F)F)c(F)c1. The summed E-state index contributed by atoms with van der Waals surface area (Å²) in [7, 11) is -3.88. The quantitative estimate of drug-likeness (QED) is 0.394. The Morgan fingerprint density at radius 3 is 2.37 bits per heavy atom. The van der Waals surface area contributed by atoms with Crippen LogP contribution in [0.1, 0.15) is 42.2 Å². The number of carbonyl (C=O) groups is 1. The van der Waals surface area contributed by atoms with Crippen LogP contribution in [0.5, 0.6) is 5.75 Å². The van der Waals surface area contributed by atoms with Crippen molar-refractivity contribution in [2.24, 2.45) is 5.92 Å². The van der Waals surface area contributed by atoms with Crippen LogP contribution >= 0.6 is 0 Å². The summed E-state index contributed by atoms with van der Waals surface area (Å²) in [6.45, 7) is 3.42. The fourth-order valence-corrected chi connectivity index (χ4v) is 3.30. The number of sulfone groups is 1. The van der Waals surface area contributed by atoms with E-state index in [0.717, 1.165) is 24.5 Å². The van der Waals surface area contributed by atoms with Crippen molar-refractivity contribution < 1.29 is 35.5 Å². The number of nitrogens with zero attached hydrogens (tertiary/aromatic N) is 1. The molecule has 0 aliphatic carbocycles. The summed E-state index contributed by atoms with van der Waals surface area (Å²) in [5, 5.41) is -0.667. The first-order chi connectivity index (χ1) is 13.7. The zero-order chi connectivity index (χ0) is 22.9. The summed E-state index contributed by atoms with van der Waals surface area (Å²) < 4.78 is 77.8. The van der Waals surface area contributed by atoms with Gasteiger partial charge in [0.1, 0.15) is 5.69 Å². The van der Waals surface area contributed by atoms with Gasteiger partial charge in [0.25, 0.3) is 5.56 Å². The molecule has 7 nitrogen and oxygen atoms in total. The molecule has 164 valence electrons. The van der Waals surface area contributed by atoms with Crippen LogP contribution in [0.4, 0.5) is 17.6 Å². The van der Waals surface area contributed by atoms with Crippen LogP contribution in [0.25, 0.3) is 0 Å². The summed E-state index contributed by atoms with van der Waals surface area (Å²) in [5.74, 6) is -3.83. The molecule has 0 fully saturated rings. The first-order valence-electron chi connectivity index (χ1n) is 8.57. The number of hydrogen-bond acceptors (Lipinski definition) is 6. The molecule has 0 aliphatic rings. The van der Waals surface area contributed by atoms with E-state index in [9.17, 15) is 35.6 Å². The molecule has 1 heterocycles. The monoisotopic (exact) mass is 450 g/mol. The molecule has 30 heavy (non-hydrogen) atoms. The Labute approximate surface area is 169 Å². The van der Waals surface area contributed by atoms with E-state index in [1.54, 1.807) is 13.8 Å². The summed E-state index contributed by atoms with van der Waals surface area (Å²) >= 11 is 0. The van der Waals surface area contributed by atoms with E-state index in [4.69, 9.17) is 0 Å². The van der Waals surface area contributed by atoms with Crippen molar-refractivity contribution in [1.29, 1.82) is 0 Å². The Morgan fingerprint density at radius 2 is 1.87 bits per heavy atom. The molecule has 0 saturated carbocycles. The number of benzene rings is 1. The summed E-state index contributed by atoms with van der Waals surface area (Å²) in [5.41, 5.74) is -0.990. The van der Waals surface area contributed by atoms with Crippen molar-refractivity contribution in [2.75, 3.05) is 6.26 Å². The molecule has 0 bridgehead atoms. The Morgan fingerprint density at radius 1 is 1.23 bits per heavy atom. The molecule has 0 amide bonds. The van der Waals surface area contributed by atoms with E-state index in [1.807, 2.05) is 4.98 Å². The highest BCUT2D eigenvalue weighted by Crippen LogP contribution is 2.33. The minimum atomic E-state index is -5.06. The zero-order valence-electron chi connectivity index (χ0n) is 16.1. The highest BCUT2D eigenvalue weighted by atomic mass is 32.2. The van der Waals surface area contributed by atoms with Gasteiger partial charge in [-0.15, -0.1) is 13.2 Å². The zero-order valence-corrected chi connectivity index (χ0v) is 16.9. The number of alkyl halides is 3. The summed E-state index contributed by atoms with van der Waals surface area (Å²) in [4.78, 5) is 30.0. The lowest BCUT2D eigenvalue weighted by Gasteiger charge is -2.21. The average molecular weight is 450 g/mol. The number of nitrogens with one attached hydrogen (secondary N) is 1. The molecule has 1 aromatic carbocycles. The third kappa shape index (κ3) is 6.12. The molecule has 1 aromatic heterocycles. The van der Waals surface area contributed by atoms with Gasteiger partial charge in [-0.05, 0) is 29.5 Å². The van der Waals surface area contributed by atoms with Gasteiger partial charge in [-0.3, -0.25) is 14.6 Å². The number of ketones is 1. The molecular formula is C18H18F4N2O5S. The lowest BCUT2D eigenvalue weighted by atomic mass is 9.84. The van der Waals surface area contributed by atoms with Crippen molar-refractivity contribution in [2.45, 2.75) is 37.7 Å². The number of H-pyrrole nitrogens is 1. The maximum absolute atomic E-state index is 14.1. The summed E-state index contributed by atoms with van der Waals surface area (Å²) in [6.07, 6.45) is -4.53. The second-order valence-corrected chi connectivity index (χ2v) is 8.85. The second kappa shape index (κ2) is 8.54. The maximum Gasteiger partial charge on any atom is 0.573 e. The number of aromatic amines is 1. The van der Waals surface area contributed by atoms with Gasteiger partial charge in [-0.1, -0.05) is 19.9 Å². The number of Topliss-reactive ketones (excluding diaryl/α,β-unsaturated/α-hetero) is 1. The molecular weight excluding hydrogens is 432 g/mol. The fourth-order valence-electron chi connectivity index (χ4n) is 2.75. The van der Waals surface area contributed by atoms with Crippen molar-refractivity contribution in [1.82, 2.24) is 9.97 Å². The third-order valence-electron chi connectivity index (χ3n) is 4.18. The first-order valence-corrected chi connectivity index (χ1v) is 10.5. The van der Waals surface area contributed by atoms with E-state index >= 15 is 0 Å². The number of hydrogen-bond donors (Lipinski definition) is 1. The molecule has 0 unspecified atom stereocenters. The fraction of sp³-hybridized carbons (Fsp3) is 0.389. The number of ether oxygens (including phenoxy) is 1. The molecule has 0 radical (unpaired) electrons. The molecule has 2 rings (SSSR count). The number of carbonyl (C=O) groups excluding carboxylic acids is 1. The van der Waals surface area contributed by atoms with Crippen LogP contribution in [0, 0.1) is 11.7 Å². The molecule has 2 aromatic rings. The normalized spacial score (nSPS) is 13.3. The largest absolute Gasteiger partial charge is 0.573 e. The van der Waals surface area contributed by atoms with Gasteiger partial charge in [0.15, 0.2) is 17.3 Å². The van der Waals surface area contributed by atoms with E-state index in [0.29, 0.717) is 0 Å². The van der Waals surface area contributed by atoms with Gasteiger partial charge in [-0.2, -0.15) is 0 Å². The topological polar surface area (TPSA) is 106 Å². The van der Waals surface area contributed by atoms with Crippen molar-refractivity contribution >= 4 is 15.6 Å². The predicted octanol–water partition coefficient (Wildman–Crippen LogP) is 3.22. The van der Waals surface area contributed by atoms with Crippen LogP contribution in [0.3, 0.4) is 0 Å². The van der Waals surface area contributed by atoms with Crippen molar-refractivity contribution in [3.8, 4) is 5.75 Å². The van der Waals surface area contributed by atoms with E-state index in [-0.39, 0.29) is 23.6 Å². The van der Waals surface area contributed by atoms with Crippen molar-refractivity contribution in [3.63, 3.8) is 0 Å². The summed E-state index contributed by atoms with van der Waals surface area (Å²) in [6, 6.07) is 3.70. The highest BCUT2D eigenvalue weighted by Gasteiger charge is 2.33. The Hall–Kier alpha value is -2.76. The van der Waals surface area contributed by atoms with E-state index in [1.165, 1.54) is 6.07 Å². The molecule has 0 saturated heterocycles. The van der Waals surface area contributed by atoms with Gasteiger partial charge in [0, 0.05) is 18.7 Å².